The number of benzene rings is 5. The number of para-hydroxylation sites is 2. The smallest absolute Gasteiger partial charge is 0.161 e. The van der Waals surface area contributed by atoms with E-state index in [9.17, 15) is 0 Å². The number of rotatable bonds is 6. The van der Waals surface area contributed by atoms with Crippen molar-refractivity contribution in [2.75, 3.05) is 23.3 Å². The zero-order chi connectivity index (χ0) is 31.8. The molecule has 0 saturated heterocycles. The van der Waals surface area contributed by atoms with E-state index in [0.717, 1.165) is 37.4 Å². The van der Waals surface area contributed by atoms with Gasteiger partial charge in [0.2, 0.25) is 0 Å². The Bertz CT molecular complexity index is 1730. The molecule has 0 spiro atoms. The summed E-state index contributed by atoms with van der Waals surface area (Å²) in [6.07, 6.45) is 4.57. The van der Waals surface area contributed by atoms with Crippen molar-refractivity contribution in [1.29, 1.82) is 0 Å². The maximum atomic E-state index is 6.31. The molecule has 5 aromatic carbocycles. The molecule has 1 saturated carbocycles. The van der Waals surface area contributed by atoms with Crippen molar-refractivity contribution in [3.63, 3.8) is 0 Å². The second-order valence-corrected chi connectivity index (χ2v) is 14.2. The highest BCUT2D eigenvalue weighted by Crippen LogP contribution is 2.52. The fourth-order valence-corrected chi connectivity index (χ4v) is 8.37. The molecular formula is C43H44N2O2. The van der Waals surface area contributed by atoms with Gasteiger partial charge in [0, 0.05) is 41.0 Å². The van der Waals surface area contributed by atoms with Gasteiger partial charge in [-0.3, -0.25) is 0 Å². The highest BCUT2D eigenvalue weighted by molar-refractivity contribution is 5.55. The quantitative estimate of drug-likeness (QED) is 0.189. The summed E-state index contributed by atoms with van der Waals surface area (Å²) < 4.78 is 12.6. The van der Waals surface area contributed by atoms with Crippen molar-refractivity contribution in [3.8, 4) is 11.5 Å². The Labute approximate surface area is 279 Å². The summed E-state index contributed by atoms with van der Waals surface area (Å²) >= 11 is 0. The molecule has 4 heteroatoms. The van der Waals surface area contributed by atoms with E-state index in [2.05, 4.69) is 151 Å². The number of ether oxygens (including phenoxy) is 2. The fraction of sp³-hybridized carbons (Fsp3) is 0.302. The van der Waals surface area contributed by atoms with Gasteiger partial charge in [-0.05, 0) is 102 Å². The van der Waals surface area contributed by atoms with Crippen LogP contribution in [-0.4, -0.2) is 13.5 Å². The molecule has 1 aliphatic carbocycles. The highest BCUT2D eigenvalue weighted by Gasteiger charge is 2.43. The topological polar surface area (TPSA) is 24.9 Å². The first-order valence-corrected chi connectivity index (χ1v) is 17.2. The predicted molar refractivity (Wildman–Crippen MR) is 191 cm³/mol. The van der Waals surface area contributed by atoms with Crippen LogP contribution in [0.5, 0.6) is 11.5 Å². The summed E-state index contributed by atoms with van der Waals surface area (Å²) in [6.45, 7) is 7.72. The normalized spacial score (nSPS) is 17.7. The number of anilines is 2. The highest BCUT2D eigenvalue weighted by atomic mass is 16.5. The number of fused-ring (bicyclic) bond motifs is 2. The van der Waals surface area contributed by atoms with Gasteiger partial charge in [-0.1, -0.05) is 92.7 Å². The van der Waals surface area contributed by atoms with Crippen molar-refractivity contribution >= 4 is 11.4 Å². The minimum Gasteiger partial charge on any atom is -0.473 e. The summed E-state index contributed by atoms with van der Waals surface area (Å²) in [5, 5.41) is 0. The van der Waals surface area contributed by atoms with Gasteiger partial charge in [0.1, 0.15) is 11.5 Å². The molecule has 3 aliphatic rings. The van der Waals surface area contributed by atoms with E-state index in [1.54, 1.807) is 0 Å². The Morgan fingerprint density at radius 2 is 1.02 bits per heavy atom. The van der Waals surface area contributed by atoms with Crippen LogP contribution in [0.1, 0.15) is 67.3 Å². The molecule has 5 aromatic rings. The van der Waals surface area contributed by atoms with E-state index in [1.807, 2.05) is 0 Å². The average molecular weight is 621 g/mol. The van der Waals surface area contributed by atoms with E-state index < -0.39 is 0 Å². The van der Waals surface area contributed by atoms with Crippen LogP contribution in [0.2, 0.25) is 0 Å². The number of nitrogens with zero attached hydrogens (tertiary/aromatic N) is 2. The first-order valence-electron chi connectivity index (χ1n) is 17.2. The van der Waals surface area contributed by atoms with E-state index in [-0.39, 0.29) is 10.8 Å². The second kappa shape index (κ2) is 12.2. The monoisotopic (exact) mass is 620 g/mol. The van der Waals surface area contributed by atoms with Gasteiger partial charge in [-0.2, -0.15) is 0 Å². The average Bonchev–Trinajstić information content (AvgIpc) is 3.15. The molecule has 2 heterocycles. The Hall–Kier alpha value is -4.70. The second-order valence-electron chi connectivity index (χ2n) is 14.2. The lowest BCUT2D eigenvalue weighted by atomic mass is 9.58. The first kappa shape index (κ1) is 29.7. The third-order valence-corrected chi connectivity index (χ3v) is 11.3. The van der Waals surface area contributed by atoms with Crippen molar-refractivity contribution in [3.05, 3.63) is 155 Å². The molecule has 0 unspecified atom stereocenters. The maximum absolute atomic E-state index is 6.31. The molecule has 2 aliphatic heterocycles. The standard InChI is InChI=1S/C43H44N2O2/c1-42(2,34-12-6-3-7-13-34)35-22-24-43(25-23-35,36-18-20-40-32(26-36)28-44(30-46-40)38-14-8-4-9-15-38)37-19-21-41-33(27-37)29-45(31-47-41)39-16-10-5-11-17-39/h3-21,26-27,35H,22-25,28-31H2,1-2H3. The minimum absolute atomic E-state index is 0.0859. The summed E-state index contributed by atoms with van der Waals surface area (Å²) in [6, 6.07) is 46.4. The number of hydrogen-bond acceptors (Lipinski definition) is 4. The summed E-state index contributed by atoms with van der Waals surface area (Å²) in [5.41, 5.74) is 9.20. The van der Waals surface area contributed by atoms with Crippen LogP contribution in [0.4, 0.5) is 11.4 Å². The van der Waals surface area contributed by atoms with Crippen LogP contribution in [0.25, 0.3) is 0 Å². The van der Waals surface area contributed by atoms with E-state index in [1.165, 1.54) is 52.0 Å². The molecule has 0 radical (unpaired) electrons. The van der Waals surface area contributed by atoms with Gasteiger partial charge in [-0.15, -0.1) is 0 Å². The van der Waals surface area contributed by atoms with E-state index >= 15 is 0 Å². The van der Waals surface area contributed by atoms with Gasteiger partial charge in [0.25, 0.3) is 0 Å². The Kier molecular flexibility index (Phi) is 7.67. The maximum Gasteiger partial charge on any atom is 0.161 e. The SMILES string of the molecule is CC(C)(c1ccccc1)C1CCC(c2ccc3c(c2)CN(c2ccccc2)CO3)(c2ccc3c(c2)CN(c2ccccc2)CO3)CC1. The summed E-state index contributed by atoms with van der Waals surface area (Å²) in [7, 11) is 0. The zero-order valence-corrected chi connectivity index (χ0v) is 27.6. The van der Waals surface area contributed by atoms with Crippen LogP contribution >= 0.6 is 0 Å². The first-order chi connectivity index (χ1) is 23.0. The van der Waals surface area contributed by atoms with Crippen molar-refractivity contribution < 1.29 is 9.47 Å². The van der Waals surface area contributed by atoms with Crippen molar-refractivity contribution in [1.82, 2.24) is 0 Å². The third-order valence-electron chi connectivity index (χ3n) is 11.3. The molecule has 238 valence electrons. The Morgan fingerprint density at radius 1 is 0.574 bits per heavy atom. The molecule has 1 fully saturated rings. The minimum atomic E-state index is -0.0859. The molecule has 0 atom stereocenters. The summed E-state index contributed by atoms with van der Waals surface area (Å²) in [5.74, 6) is 2.63. The molecule has 0 amide bonds. The van der Waals surface area contributed by atoms with Crippen LogP contribution < -0.4 is 19.3 Å². The van der Waals surface area contributed by atoms with Gasteiger partial charge in [0.15, 0.2) is 13.5 Å². The molecule has 0 N–H and O–H groups in total. The van der Waals surface area contributed by atoms with Crippen LogP contribution in [0, 0.1) is 5.92 Å². The van der Waals surface area contributed by atoms with Crippen molar-refractivity contribution in [2.45, 2.75) is 63.5 Å². The lowest BCUT2D eigenvalue weighted by molar-refractivity contribution is 0.188. The van der Waals surface area contributed by atoms with E-state index in [4.69, 9.17) is 9.47 Å². The Morgan fingerprint density at radius 3 is 1.49 bits per heavy atom. The van der Waals surface area contributed by atoms with Crippen molar-refractivity contribution in [2.24, 2.45) is 5.92 Å². The zero-order valence-electron chi connectivity index (χ0n) is 27.6. The lowest BCUT2D eigenvalue weighted by Crippen LogP contribution is -2.40. The summed E-state index contributed by atoms with van der Waals surface area (Å²) in [4.78, 5) is 4.65. The molecule has 0 bridgehead atoms. The Balaban J connectivity index is 1.16. The van der Waals surface area contributed by atoms with Crippen LogP contribution in [-0.2, 0) is 23.9 Å². The van der Waals surface area contributed by atoms with Crippen LogP contribution in [0.3, 0.4) is 0 Å². The predicted octanol–water partition coefficient (Wildman–Crippen LogP) is 9.85. The third kappa shape index (κ3) is 5.54. The van der Waals surface area contributed by atoms with Gasteiger partial charge in [0.05, 0.1) is 0 Å². The van der Waals surface area contributed by atoms with Crippen LogP contribution in [0.15, 0.2) is 127 Å². The van der Waals surface area contributed by atoms with Gasteiger partial charge >= 0.3 is 0 Å². The molecule has 4 nitrogen and oxygen atoms in total. The lowest BCUT2D eigenvalue weighted by Gasteiger charge is -2.47. The van der Waals surface area contributed by atoms with Gasteiger partial charge in [-0.25, -0.2) is 0 Å². The number of hydrogen-bond donors (Lipinski definition) is 0. The molecular weight excluding hydrogens is 576 g/mol. The molecule has 47 heavy (non-hydrogen) atoms. The van der Waals surface area contributed by atoms with Gasteiger partial charge < -0.3 is 19.3 Å². The van der Waals surface area contributed by atoms with E-state index in [0.29, 0.717) is 19.4 Å². The molecule has 0 aromatic heterocycles. The fourth-order valence-electron chi connectivity index (χ4n) is 8.37. The molecule has 8 rings (SSSR count). The largest absolute Gasteiger partial charge is 0.473 e.